The van der Waals surface area contributed by atoms with Gasteiger partial charge in [-0.1, -0.05) is 6.07 Å². The van der Waals surface area contributed by atoms with Crippen molar-refractivity contribution >= 4 is 26.7 Å². The van der Waals surface area contributed by atoms with Crippen molar-refractivity contribution < 1.29 is 12.8 Å². The Hall–Kier alpha value is -1.55. The molecule has 0 amide bonds. The van der Waals surface area contributed by atoms with Gasteiger partial charge < -0.3 is 5.32 Å². The number of rotatable bonds is 6. The van der Waals surface area contributed by atoms with Crippen LogP contribution in [-0.2, 0) is 23.1 Å². The first-order valence-corrected chi connectivity index (χ1v) is 12.8. The van der Waals surface area contributed by atoms with Crippen molar-refractivity contribution in [2.45, 2.75) is 51.0 Å². The van der Waals surface area contributed by atoms with E-state index in [0.717, 1.165) is 61.3 Å². The smallest absolute Gasteiger partial charge is 0.278 e. The topological polar surface area (TPSA) is 74.3 Å². The molecule has 2 aromatic rings. The molecule has 30 heavy (non-hydrogen) atoms. The van der Waals surface area contributed by atoms with E-state index >= 15 is 0 Å². The fourth-order valence-electron chi connectivity index (χ4n) is 4.26. The standard InChI is InChI=1S/C21H29FN4O2S2/c1-26(2)30(27,28)23-13-14-6-10-17(11-7-14)24-21-25-20-18-12-16(22)9-8-15(18)4-3-5-19(20)29-21/h8-9,12,14,17,23H,3-7,10-11,13H2,1-2H3,(H,24,25)/t14-,17-. The Morgan fingerprint density at radius 2 is 1.97 bits per heavy atom. The van der Waals surface area contributed by atoms with Crippen LogP contribution in [0.5, 0.6) is 0 Å². The number of hydrogen-bond donors (Lipinski definition) is 2. The van der Waals surface area contributed by atoms with E-state index in [4.69, 9.17) is 4.98 Å². The number of aryl methyl sites for hydroxylation is 2. The number of halogens is 1. The van der Waals surface area contributed by atoms with Gasteiger partial charge in [0.15, 0.2) is 5.13 Å². The van der Waals surface area contributed by atoms with Gasteiger partial charge in [0.05, 0.1) is 5.69 Å². The molecule has 1 saturated carbocycles. The first-order valence-electron chi connectivity index (χ1n) is 10.5. The molecule has 0 spiro atoms. The molecule has 1 fully saturated rings. The zero-order valence-corrected chi connectivity index (χ0v) is 19.1. The summed E-state index contributed by atoms with van der Waals surface area (Å²) in [5.74, 6) is 0.146. The number of anilines is 1. The maximum Gasteiger partial charge on any atom is 0.278 e. The highest BCUT2D eigenvalue weighted by molar-refractivity contribution is 7.87. The largest absolute Gasteiger partial charge is 0.359 e. The molecule has 2 aliphatic carbocycles. The highest BCUT2D eigenvalue weighted by Crippen LogP contribution is 2.38. The van der Waals surface area contributed by atoms with Gasteiger partial charge in [-0.05, 0) is 68.6 Å². The van der Waals surface area contributed by atoms with Crippen molar-refractivity contribution in [2.24, 2.45) is 5.92 Å². The van der Waals surface area contributed by atoms with E-state index in [1.807, 2.05) is 6.07 Å². The lowest BCUT2D eigenvalue weighted by Gasteiger charge is -2.29. The highest BCUT2D eigenvalue weighted by atomic mass is 32.2. The number of aromatic nitrogens is 1. The summed E-state index contributed by atoms with van der Waals surface area (Å²) < 4.78 is 41.5. The van der Waals surface area contributed by atoms with Gasteiger partial charge in [0, 0.05) is 37.1 Å². The number of benzene rings is 1. The van der Waals surface area contributed by atoms with E-state index in [9.17, 15) is 12.8 Å². The first-order chi connectivity index (χ1) is 14.3. The monoisotopic (exact) mass is 452 g/mol. The van der Waals surface area contributed by atoms with Gasteiger partial charge in [0.2, 0.25) is 0 Å². The van der Waals surface area contributed by atoms with E-state index in [1.165, 1.54) is 34.9 Å². The van der Waals surface area contributed by atoms with Gasteiger partial charge in [-0.2, -0.15) is 12.7 Å². The molecule has 6 nitrogen and oxygen atoms in total. The second-order valence-electron chi connectivity index (χ2n) is 8.44. The summed E-state index contributed by atoms with van der Waals surface area (Å²) in [6.07, 6.45) is 6.93. The van der Waals surface area contributed by atoms with Crippen molar-refractivity contribution in [2.75, 3.05) is 26.0 Å². The molecular weight excluding hydrogens is 423 g/mol. The Morgan fingerprint density at radius 3 is 2.70 bits per heavy atom. The van der Waals surface area contributed by atoms with Gasteiger partial charge in [0.25, 0.3) is 10.2 Å². The summed E-state index contributed by atoms with van der Waals surface area (Å²) in [5.41, 5.74) is 3.04. The average molecular weight is 453 g/mol. The zero-order valence-electron chi connectivity index (χ0n) is 17.4. The van der Waals surface area contributed by atoms with Crippen molar-refractivity contribution in [3.8, 4) is 11.3 Å². The first kappa shape index (κ1) is 21.7. The fourth-order valence-corrected chi connectivity index (χ4v) is 6.06. The van der Waals surface area contributed by atoms with Crippen molar-refractivity contribution in [1.82, 2.24) is 14.0 Å². The minimum absolute atomic E-state index is 0.215. The number of nitrogens with zero attached hydrogens (tertiary/aromatic N) is 2. The third-order valence-corrected chi connectivity index (χ3v) is 8.62. The summed E-state index contributed by atoms with van der Waals surface area (Å²) in [6, 6.07) is 5.38. The van der Waals surface area contributed by atoms with Crippen LogP contribution in [0.25, 0.3) is 11.3 Å². The van der Waals surface area contributed by atoms with Gasteiger partial charge >= 0.3 is 0 Å². The third kappa shape index (κ3) is 4.85. The fraction of sp³-hybridized carbons (Fsp3) is 0.571. The van der Waals surface area contributed by atoms with E-state index in [1.54, 1.807) is 17.4 Å². The molecule has 0 bridgehead atoms. The molecule has 1 aromatic carbocycles. The lowest BCUT2D eigenvalue weighted by molar-refractivity contribution is 0.335. The molecule has 0 aliphatic heterocycles. The summed E-state index contributed by atoms with van der Waals surface area (Å²) >= 11 is 1.69. The molecule has 164 valence electrons. The summed E-state index contributed by atoms with van der Waals surface area (Å²) in [5, 5.41) is 4.49. The summed E-state index contributed by atoms with van der Waals surface area (Å²) in [4.78, 5) is 6.07. The molecule has 0 unspecified atom stereocenters. The number of nitrogens with one attached hydrogen (secondary N) is 2. The lowest BCUT2D eigenvalue weighted by atomic mass is 9.86. The molecule has 1 heterocycles. The molecule has 4 rings (SSSR count). The minimum Gasteiger partial charge on any atom is -0.359 e. The van der Waals surface area contributed by atoms with E-state index < -0.39 is 10.2 Å². The van der Waals surface area contributed by atoms with Gasteiger partial charge in [0.1, 0.15) is 5.82 Å². The van der Waals surface area contributed by atoms with Crippen LogP contribution in [0.4, 0.5) is 9.52 Å². The normalized spacial score (nSPS) is 21.7. The summed E-state index contributed by atoms with van der Waals surface area (Å²) in [7, 11) is -0.293. The maximum absolute atomic E-state index is 13.8. The van der Waals surface area contributed by atoms with Crippen LogP contribution in [0.2, 0.25) is 0 Å². The van der Waals surface area contributed by atoms with Crippen molar-refractivity contribution in [3.63, 3.8) is 0 Å². The van der Waals surface area contributed by atoms with Gasteiger partial charge in [-0.25, -0.2) is 14.1 Å². The SMILES string of the molecule is CN(C)S(=O)(=O)NC[C@H]1CC[C@H](Nc2nc3c(s2)CCCc2ccc(F)cc2-3)CC1. The Bertz CT molecular complexity index is 998. The van der Waals surface area contributed by atoms with Gasteiger partial charge in [-0.15, -0.1) is 11.3 Å². The predicted octanol–water partition coefficient (Wildman–Crippen LogP) is 3.80. The Balaban J connectivity index is 1.37. The Labute approximate surface area is 182 Å². The number of hydrogen-bond acceptors (Lipinski definition) is 5. The quantitative estimate of drug-likeness (QED) is 0.699. The van der Waals surface area contributed by atoms with E-state index in [-0.39, 0.29) is 5.82 Å². The lowest BCUT2D eigenvalue weighted by Crippen LogP contribution is -2.39. The van der Waals surface area contributed by atoms with Crippen LogP contribution in [0.1, 0.15) is 42.5 Å². The van der Waals surface area contributed by atoms with Gasteiger partial charge in [-0.3, -0.25) is 0 Å². The highest BCUT2D eigenvalue weighted by Gasteiger charge is 2.25. The molecule has 0 radical (unpaired) electrons. The Kier molecular flexibility index (Phi) is 6.43. The second-order valence-corrected chi connectivity index (χ2v) is 11.5. The maximum atomic E-state index is 13.8. The molecular formula is C21H29FN4O2S2. The minimum atomic E-state index is -3.36. The molecule has 9 heteroatoms. The molecule has 0 atom stereocenters. The molecule has 2 N–H and O–H groups in total. The van der Waals surface area contributed by atoms with Crippen LogP contribution in [0.15, 0.2) is 18.2 Å². The van der Waals surface area contributed by atoms with Crippen molar-refractivity contribution in [3.05, 3.63) is 34.5 Å². The van der Waals surface area contributed by atoms with E-state index in [2.05, 4.69) is 10.0 Å². The Morgan fingerprint density at radius 1 is 1.20 bits per heavy atom. The van der Waals surface area contributed by atoms with Crippen molar-refractivity contribution in [1.29, 1.82) is 0 Å². The van der Waals surface area contributed by atoms with Crippen LogP contribution in [0.3, 0.4) is 0 Å². The van der Waals surface area contributed by atoms with Crippen LogP contribution < -0.4 is 10.0 Å². The van der Waals surface area contributed by atoms with E-state index in [0.29, 0.717) is 18.5 Å². The number of thiazole rings is 1. The van der Waals surface area contributed by atoms with Crippen LogP contribution in [-0.4, -0.2) is 44.4 Å². The summed E-state index contributed by atoms with van der Waals surface area (Å²) in [6.45, 7) is 0.487. The zero-order chi connectivity index (χ0) is 21.3. The third-order valence-electron chi connectivity index (χ3n) is 6.08. The second kappa shape index (κ2) is 8.90. The number of fused-ring (bicyclic) bond motifs is 3. The average Bonchev–Trinajstić information content (AvgIpc) is 3.03. The molecule has 1 aromatic heterocycles. The molecule has 2 aliphatic rings. The predicted molar refractivity (Wildman–Crippen MR) is 120 cm³/mol. The molecule has 0 saturated heterocycles. The van der Waals surface area contributed by atoms with Crippen LogP contribution in [0, 0.1) is 11.7 Å². The van der Waals surface area contributed by atoms with Crippen LogP contribution >= 0.6 is 11.3 Å².